The summed E-state index contributed by atoms with van der Waals surface area (Å²) in [7, 11) is 0. The smallest absolute Gasteiger partial charge is 0.377 e. The van der Waals surface area contributed by atoms with Crippen molar-refractivity contribution in [3.63, 3.8) is 0 Å². The number of ketones is 1. The quantitative estimate of drug-likeness (QED) is 0.423. The van der Waals surface area contributed by atoms with E-state index in [1.165, 1.54) is 6.92 Å². The van der Waals surface area contributed by atoms with E-state index in [1.807, 2.05) is 0 Å². The maximum Gasteiger partial charge on any atom is 0.377 e. The number of hydrogen-bond donors (Lipinski definition) is 1. The van der Waals surface area contributed by atoms with Crippen molar-refractivity contribution in [1.29, 1.82) is 0 Å². The first kappa shape index (κ1) is 18.3. The maximum absolute atomic E-state index is 12.0. The van der Waals surface area contributed by atoms with E-state index in [2.05, 4.69) is 10.1 Å². The second-order valence-corrected chi connectivity index (χ2v) is 4.50. The van der Waals surface area contributed by atoms with E-state index < -0.39 is 29.7 Å². The number of esters is 2. The Morgan fingerprint density at radius 2 is 1.61 bits per heavy atom. The van der Waals surface area contributed by atoms with Crippen molar-refractivity contribution < 1.29 is 28.7 Å². The zero-order valence-corrected chi connectivity index (χ0v) is 13.0. The van der Waals surface area contributed by atoms with Gasteiger partial charge in [-0.3, -0.25) is 9.59 Å². The zero-order valence-electron chi connectivity index (χ0n) is 13.0. The largest absolute Gasteiger partial charge is 0.464 e. The lowest BCUT2D eigenvalue weighted by atomic mass is 10.1. The summed E-state index contributed by atoms with van der Waals surface area (Å²) < 4.78 is 9.29. The van der Waals surface area contributed by atoms with E-state index in [0.717, 1.165) is 0 Å². The van der Waals surface area contributed by atoms with E-state index in [-0.39, 0.29) is 19.6 Å². The second kappa shape index (κ2) is 9.34. The van der Waals surface area contributed by atoms with Gasteiger partial charge in [0.05, 0.1) is 19.6 Å². The highest BCUT2D eigenvalue weighted by molar-refractivity contribution is 6.40. The minimum atomic E-state index is -1.70. The summed E-state index contributed by atoms with van der Waals surface area (Å²) in [6, 6.07) is 7.07. The lowest BCUT2D eigenvalue weighted by Gasteiger charge is -2.15. The molecule has 0 saturated heterocycles. The monoisotopic (exact) mass is 321 g/mol. The van der Waals surface area contributed by atoms with Crippen LogP contribution in [0.25, 0.3) is 0 Å². The van der Waals surface area contributed by atoms with Gasteiger partial charge in [-0.05, 0) is 19.4 Å². The Kier molecular flexibility index (Phi) is 7.45. The highest BCUT2D eigenvalue weighted by atomic mass is 16.5. The second-order valence-electron chi connectivity index (χ2n) is 4.50. The fraction of sp³-hybridized carbons (Fsp3) is 0.375. The van der Waals surface area contributed by atoms with Crippen LogP contribution in [-0.4, -0.2) is 42.9 Å². The molecule has 0 spiro atoms. The third-order valence-electron chi connectivity index (χ3n) is 2.77. The summed E-state index contributed by atoms with van der Waals surface area (Å²) >= 11 is 0. The predicted octanol–water partition coefficient (Wildman–Crippen LogP) is 0.409. The number of hydrogen-bond acceptors (Lipinski definition) is 6. The Hall–Kier alpha value is -2.70. The standard InChI is InChI=1S/C16H19NO6/c1-3-22-15(20)13(14(19)16(21)23-4-2)17-12(18)10-11-8-6-5-7-9-11/h5-9,13H,3-4,10H2,1-2H3,(H,17,18)/t13-/m0/s1. The van der Waals surface area contributed by atoms with Gasteiger partial charge in [0.15, 0.2) is 6.04 Å². The molecule has 7 nitrogen and oxygen atoms in total. The topological polar surface area (TPSA) is 98.8 Å². The van der Waals surface area contributed by atoms with Crippen molar-refractivity contribution in [3.05, 3.63) is 35.9 Å². The molecule has 1 rings (SSSR count). The number of rotatable bonds is 8. The third kappa shape index (κ3) is 5.90. The van der Waals surface area contributed by atoms with Crippen molar-refractivity contribution in [1.82, 2.24) is 5.32 Å². The molecular formula is C16H19NO6. The van der Waals surface area contributed by atoms with Crippen molar-refractivity contribution in [3.8, 4) is 0 Å². The number of amides is 1. The van der Waals surface area contributed by atoms with Gasteiger partial charge in [-0.15, -0.1) is 0 Å². The Morgan fingerprint density at radius 1 is 1.00 bits per heavy atom. The number of benzene rings is 1. The fourth-order valence-corrected chi connectivity index (χ4v) is 1.77. The molecule has 1 aromatic carbocycles. The molecule has 1 N–H and O–H groups in total. The minimum absolute atomic E-state index is 0.0139. The van der Waals surface area contributed by atoms with Crippen molar-refractivity contribution in [2.24, 2.45) is 0 Å². The van der Waals surface area contributed by atoms with E-state index in [4.69, 9.17) is 4.74 Å². The van der Waals surface area contributed by atoms with Gasteiger partial charge >= 0.3 is 11.9 Å². The summed E-state index contributed by atoms with van der Waals surface area (Å²) in [5.41, 5.74) is 0.705. The predicted molar refractivity (Wildman–Crippen MR) is 80.3 cm³/mol. The van der Waals surface area contributed by atoms with Gasteiger partial charge in [0.1, 0.15) is 0 Å². The molecule has 1 amide bonds. The molecule has 23 heavy (non-hydrogen) atoms. The van der Waals surface area contributed by atoms with Crippen LogP contribution in [-0.2, 0) is 35.1 Å². The molecular weight excluding hydrogens is 302 g/mol. The first-order valence-electron chi connectivity index (χ1n) is 7.20. The van der Waals surface area contributed by atoms with Gasteiger partial charge in [0.25, 0.3) is 5.78 Å². The van der Waals surface area contributed by atoms with Gasteiger partial charge in [-0.25, -0.2) is 9.59 Å². The third-order valence-corrected chi connectivity index (χ3v) is 2.77. The molecule has 0 aliphatic heterocycles. The first-order valence-corrected chi connectivity index (χ1v) is 7.20. The van der Waals surface area contributed by atoms with Crippen molar-refractivity contribution in [2.75, 3.05) is 13.2 Å². The average Bonchev–Trinajstić information content (AvgIpc) is 2.53. The van der Waals surface area contributed by atoms with Crippen LogP contribution >= 0.6 is 0 Å². The number of Topliss-reactive ketones (excluding diaryl/α,β-unsaturated/α-hetero) is 1. The van der Waals surface area contributed by atoms with E-state index in [0.29, 0.717) is 5.56 Å². The SMILES string of the molecule is CCOC(=O)C(=O)[C@H](NC(=O)Cc1ccccc1)C(=O)OCC. The van der Waals surface area contributed by atoms with Gasteiger partial charge < -0.3 is 14.8 Å². The molecule has 0 aliphatic rings. The Morgan fingerprint density at radius 3 is 2.17 bits per heavy atom. The van der Waals surface area contributed by atoms with Crippen molar-refractivity contribution >= 4 is 23.6 Å². The van der Waals surface area contributed by atoms with E-state index in [9.17, 15) is 19.2 Å². The van der Waals surface area contributed by atoms with Gasteiger partial charge in [0, 0.05) is 0 Å². The van der Waals surface area contributed by atoms with Crippen molar-refractivity contribution in [2.45, 2.75) is 26.3 Å². The molecule has 0 aromatic heterocycles. The summed E-state index contributed by atoms with van der Waals surface area (Å²) in [4.78, 5) is 47.3. The van der Waals surface area contributed by atoms with Crippen LogP contribution < -0.4 is 5.32 Å². The summed E-state index contributed by atoms with van der Waals surface area (Å²) in [5, 5.41) is 2.23. The summed E-state index contributed by atoms with van der Waals surface area (Å²) in [5.74, 6) is -3.92. The Balaban J connectivity index is 2.79. The number of carbonyl (C=O) groups is 4. The van der Waals surface area contributed by atoms with Gasteiger partial charge in [-0.1, -0.05) is 30.3 Å². The Labute approximate surface area is 134 Å². The highest BCUT2D eigenvalue weighted by Crippen LogP contribution is 2.01. The normalized spacial score (nSPS) is 11.2. The molecule has 0 heterocycles. The molecule has 0 unspecified atom stereocenters. The van der Waals surface area contributed by atoms with Crippen LogP contribution in [0.1, 0.15) is 19.4 Å². The van der Waals surface area contributed by atoms with E-state index >= 15 is 0 Å². The molecule has 0 bridgehead atoms. The lowest BCUT2D eigenvalue weighted by molar-refractivity contribution is -0.160. The fourth-order valence-electron chi connectivity index (χ4n) is 1.77. The molecule has 0 radical (unpaired) electrons. The summed E-state index contributed by atoms with van der Waals surface area (Å²) in [6.45, 7) is 3.08. The minimum Gasteiger partial charge on any atom is -0.464 e. The molecule has 7 heteroatoms. The van der Waals surface area contributed by atoms with E-state index in [1.54, 1.807) is 37.3 Å². The van der Waals surface area contributed by atoms with Crippen LogP contribution in [0.5, 0.6) is 0 Å². The lowest BCUT2D eigenvalue weighted by Crippen LogP contribution is -2.50. The number of carbonyl (C=O) groups excluding carboxylic acids is 4. The van der Waals surface area contributed by atoms with Crippen LogP contribution in [0.15, 0.2) is 30.3 Å². The zero-order chi connectivity index (χ0) is 17.2. The highest BCUT2D eigenvalue weighted by Gasteiger charge is 2.35. The average molecular weight is 321 g/mol. The molecule has 1 atom stereocenters. The molecule has 124 valence electrons. The van der Waals surface area contributed by atoms with Gasteiger partial charge in [-0.2, -0.15) is 0 Å². The number of nitrogens with one attached hydrogen (secondary N) is 1. The molecule has 0 saturated carbocycles. The first-order chi connectivity index (χ1) is 11.0. The van der Waals surface area contributed by atoms with Crippen LogP contribution in [0.4, 0.5) is 0 Å². The van der Waals surface area contributed by atoms with Crippen LogP contribution in [0.3, 0.4) is 0 Å². The van der Waals surface area contributed by atoms with Crippen LogP contribution in [0, 0.1) is 0 Å². The summed E-state index contributed by atoms with van der Waals surface area (Å²) in [6.07, 6.45) is -0.0349. The van der Waals surface area contributed by atoms with Crippen LogP contribution in [0.2, 0.25) is 0 Å². The van der Waals surface area contributed by atoms with Gasteiger partial charge in [0.2, 0.25) is 5.91 Å². The molecule has 1 aromatic rings. The molecule has 0 aliphatic carbocycles. The maximum atomic E-state index is 12.0. The Bertz CT molecular complexity index is 569. The number of ether oxygens (including phenoxy) is 2. The molecule has 0 fully saturated rings.